The van der Waals surface area contributed by atoms with Crippen molar-refractivity contribution in [3.8, 4) is 0 Å². The van der Waals surface area contributed by atoms with Crippen molar-refractivity contribution in [2.24, 2.45) is 0 Å². The number of fused-ring (bicyclic) bond motifs is 1. The van der Waals surface area contributed by atoms with Crippen molar-refractivity contribution in [2.45, 2.75) is 6.73 Å². The molecule has 0 bridgehead atoms. The Labute approximate surface area is 81.9 Å². The Hall–Kier alpha value is -1.61. The minimum absolute atomic E-state index is 0.467. The van der Waals surface area contributed by atoms with Crippen LogP contribution in [0.2, 0.25) is 0 Å². The molecule has 0 N–H and O–H groups in total. The van der Waals surface area contributed by atoms with Gasteiger partial charge in [-0.15, -0.1) is 0 Å². The van der Waals surface area contributed by atoms with Gasteiger partial charge in [0.25, 0.3) is 0 Å². The maximum Gasteiger partial charge on any atom is 0.152 e. The van der Waals surface area contributed by atoms with E-state index < -0.39 is 0 Å². The third-order valence-corrected chi connectivity index (χ3v) is 2.21. The first kappa shape index (κ1) is 8.97. The molecular weight excluding hydrogens is 178 g/mol. The number of carbonyl (C=O) groups excluding carboxylic acids is 1. The van der Waals surface area contributed by atoms with Crippen molar-refractivity contribution in [3.05, 3.63) is 36.0 Å². The summed E-state index contributed by atoms with van der Waals surface area (Å²) in [5.74, 6) is 0. The van der Waals surface area contributed by atoms with E-state index in [4.69, 9.17) is 4.74 Å². The van der Waals surface area contributed by atoms with Crippen LogP contribution >= 0.6 is 0 Å². The van der Waals surface area contributed by atoms with Crippen molar-refractivity contribution >= 4 is 17.2 Å². The fraction of sp³-hybridized carbons (Fsp3) is 0.182. The fourth-order valence-corrected chi connectivity index (χ4v) is 1.61. The van der Waals surface area contributed by atoms with Crippen LogP contribution in [0.4, 0.5) is 0 Å². The largest absolute Gasteiger partial charge is 0.364 e. The minimum Gasteiger partial charge on any atom is -0.364 e. The molecule has 0 spiro atoms. The number of para-hydroxylation sites is 1. The van der Waals surface area contributed by atoms with E-state index in [-0.39, 0.29) is 0 Å². The molecule has 3 heteroatoms. The van der Waals surface area contributed by atoms with Gasteiger partial charge in [0.1, 0.15) is 6.73 Å². The molecule has 14 heavy (non-hydrogen) atoms. The molecule has 0 fully saturated rings. The maximum absolute atomic E-state index is 10.8. The molecule has 2 aromatic rings. The van der Waals surface area contributed by atoms with Gasteiger partial charge in [0.05, 0.1) is 5.52 Å². The number of carbonyl (C=O) groups is 1. The molecule has 0 atom stereocenters. The lowest BCUT2D eigenvalue weighted by Gasteiger charge is -2.01. The van der Waals surface area contributed by atoms with Crippen LogP contribution in [-0.2, 0) is 11.5 Å². The lowest BCUT2D eigenvalue weighted by Crippen LogP contribution is -1.96. The van der Waals surface area contributed by atoms with Crippen molar-refractivity contribution < 1.29 is 9.53 Å². The second-order valence-corrected chi connectivity index (χ2v) is 3.11. The Morgan fingerprint density at radius 3 is 2.93 bits per heavy atom. The average molecular weight is 189 g/mol. The van der Waals surface area contributed by atoms with Crippen molar-refractivity contribution in [2.75, 3.05) is 7.11 Å². The molecule has 0 amide bonds. The predicted octanol–water partition coefficient (Wildman–Crippen LogP) is 2.06. The molecule has 0 aliphatic rings. The molecular formula is C11H11NO2. The number of hydrogen-bond donors (Lipinski definition) is 0. The van der Waals surface area contributed by atoms with Gasteiger partial charge in [0, 0.05) is 24.3 Å². The van der Waals surface area contributed by atoms with Crippen LogP contribution in [0.15, 0.2) is 30.5 Å². The van der Waals surface area contributed by atoms with Gasteiger partial charge in [-0.25, -0.2) is 0 Å². The average Bonchev–Trinajstić information content (AvgIpc) is 2.58. The number of aldehydes is 1. The number of rotatable bonds is 3. The first-order chi connectivity index (χ1) is 6.86. The smallest absolute Gasteiger partial charge is 0.152 e. The SMILES string of the molecule is COCn1cc(C=O)c2ccccc21. The Kier molecular flexibility index (Phi) is 2.33. The number of ether oxygens (including phenoxy) is 1. The molecule has 2 rings (SSSR count). The Morgan fingerprint density at radius 1 is 1.43 bits per heavy atom. The van der Waals surface area contributed by atoms with Gasteiger partial charge in [-0.2, -0.15) is 0 Å². The molecule has 0 aliphatic heterocycles. The number of methoxy groups -OCH3 is 1. The zero-order valence-corrected chi connectivity index (χ0v) is 7.93. The Morgan fingerprint density at radius 2 is 2.21 bits per heavy atom. The van der Waals surface area contributed by atoms with Gasteiger partial charge in [-0.1, -0.05) is 18.2 Å². The van der Waals surface area contributed by atoms with Crippen LogP contribution in [0.5, 0.6) is 0 Å². The van der Waals surface area contributed by atoms with Crippen LogP contribution in [0, 0.1) is 0 Å². The molecule has 1 aromatic carbocycles. The number of aromatic nitrogens is 1. The summed E-state index contributed by atoms with van der Waals surface area (Å²) in [6.07, 6.45) is 2.68. The minimum atomic E-state index is 0.467. The molecule has 0 unspecified atom stereocenters. The first-order valence-corrected chi connectivity index (χ1v) is 4.39. The van der Waals surface area contributed by atoms with E-state index >= 15 is 0 Å². The van der Waals surface area contributed by atoms with Crippen molar-refractivity contribution in [1.82, 2.24) is 4.57 Å². The summed E-state index contributed by atoms with van der Waals surface area (Å²) in [5.41, 5.74) is 1.73. The predicted molar refractivity (Wildman–Crippen MR) is 54.3 cm³/mol. The van der Waals surface area contributed by atoms with Gasteiger partial charge in [0.2, 0.25) is 0 Å². The third-order valence-electron chi connectivity index (χ3n) is 2.21. The first-order valence-electron chi connectivity index (χ1n) is 4.39. The molecule has 0 saturated heterocycles. The monoisotopic (exact) mass is 189 g/mol. The molecule has 3 nitrogen and oxygen atoms in total. The van der Waals surface area contributed by atoms with E-state index in [1.807, 2.05) is 28.8 Å². The highest BCUT2D eigenvalue weighted by molar-refractivity contribution is 5.97. The van der Waals surface area contributed by atoms with Gasteiger partial charge in [0.15, 0.2) is 6.29 Å². The molecule has 0 radical (unpaired) electrons. The van der Waals surface area contributed by atoms with E-state index in [1.165, 1.54) is 0 Å². The van der Waals surface area contributed by atoms with Crippen molar-refractivity contribution in [1.29, 1.82) is 0 Å². The van der Waals surface area contributed by atoms with Gasteiger partial charge in [-0.3, -0.25) is 4.79 Å². The van der Waals surface area contributed by atoms with E-state index in [0.29, 0.717) is 12.3 Å². The summed E-state index contributed by atoms with van der Waals surface area (Å²) in [7, 11) is 1.63. The number of benzene rings is 1. The lowest BCUT2D eigenvalue weighted by atomic mass is 10.2. The molecule has 72 valence electrons. The van der Waals surface area contributed by atoms with E-state index in [1.54, 1.807) is 13.3 Å². The summed E-state index contributed by atoms with van der Waals surface area (Å²) in [6.45, 7) is 0.467. The number of nitrogens with zero attached hydrogens (tertiary/aromatic N) is 1. The van der Waals surface area contributed by atoms with Crippen molar-refractivity contribution in [3.63, 3.8) is 0 Å². The third kappa shape index (κ3) is 1.32. The summed E-state index contributed by atoms with van der Waals surface area (Å²) in [4.78, 5) is 10.8. The highest BCUT2D eigenvalue weighted by Gasteiger charge is 2.05. The van der Waals surface area contributed by atoms with E-state index in [9.17, 15) is 4.79 Å². The quantitative estimate of drug-likeness (QED) is 0.692. The standard InChI is InChI=1S/C11H11NO2/c1-14-8-12-6-9(7-13)10-4-2-3-5-11(10)12/h2-7H,8H2,1H3. The Bertz CT molecular complexity index is 459. The molecule has 0 aliphatic carbocycles. The maximum atomic E-state index is 10.8. The summed E-state index contributed by atoms with van der Waals surface area (Å²) < 4.78 is 6.96. The second kappa shape index (κ2) is 3.64. The molecule has 1 heterocycles. The second-order valence-electron chi connectivity index (χ2n) is 3.11. The molecule has 0 saturated carbocycles. The topological polar surface area (TPSA) is 31.2 Å². The van der Waals surface area contributed by atoms with Crippen LogP contribution < -0.4 is 0 Å². The highest BCUT2D eigenvalue weighted by Crippen LogP contribution is 2.19. The van der Waals surface area contributed by atoms with Crippen LogP contribution in [0.1, 0.15) is 10.4 Å². The highest BCUT2D eigenvalue weighted by atomic mass is 16.5. The normalized spacial score (nSPS) is 10.6. The number of hydrogen-bond acceptors (Lipinski definition) is 2. The van der Waals surface area contributed by atoms with E-state index in [0.717, 1.165) is 17.2 Å². The molecule has 1 aromatic heterocycles. The summed E-state index contributed by atoms with van der Waals surface area (Å²) in [5, 5.41) is 0.972. The van der Waals surface area contributed by atoms with Gasteiger partial charge in [-0.05, 0) is 6.07 Å². The van der Waals surface area contributed by atoms with Gasteiger partial charge >= 0.3 is 0 Å². The fourth-order valence-electron chi connectivity index (χ4n) is 1.61. The summed E-state index contributed by atoms with van der Waals surface area (Å²) >= 11 is 0. The zero-order valence-electron chi connectivity index (χ0n) is 7.93. The lowest BCUT2D eigenvalue weighted by molar-refractivity contribution is 0.112. The van der Waals surface area contributed by atoms with Crippen LogP contribution in [0.3, 0.4) is 0 Å². The van der Waals surface area contributed by atoms with Crippen LogP contribution in [-0.4, -0.2) is 18.0 Å². The van der Waals surface area contributed by atoms with E-state index in [2.05, 4.69) is 0 Å². The van der Waals surface area contributed by atoms with Gasteiger partial charge < -0.3 is 9.30 Å². The van der Waals surface area contributed by atoms with Crippen LogP contribution in [0.25, 0.3) is 10.9 Å². The zero-order chi connectivity index (χ0) is 9.97. The Balaban J connectivity index is 2.66. The summed E-state index contributed by atoms with van der Waals surface area (Å²) in [6, 6.07) is 7.78.